The van der Waals surface area contributed by atoms with Crippen LogP contribution in [0.25, 0.3) is 0 Å². The van der Waals surface area contributed by atoms with Gasteiger partial charge in [-0.05, 0) is 56.5 Å². The first-order chi connectivity index (χ1) is 12.8. The van der Waals surface area contributed by atoms with Gasteiger partial charge in [0.2, 0.25) is 5.95 Å². The Morgan fingerprint density at radius 3 is 2.50 bits per heavy atom. The minimum absolute atomic E-state index is 0.529. The first-order valence-corrected chi connectivity index (χ1v) is 8.92. The Kier molecular flexibility index (Phi) is 4.68. The summed E-state index contributed by atoms with van der Waals surface area (Å²) in [6, 6.07) is 12.0. The standard InChI is InChI=1S/C19H22N6O/c1-14-13-18(24-26-14)22-17-9-10-20-19(23-17)21-15-5-7-16(8-6-15)25-11-3-2-4-12-25/h5-10,13H,2-4,11-12H2,1H3,(H2,20,21,22,23,24). The van der Waals surface area contributed by atoms with Gasteiger partial charge in [0.05, 0.1) is 0 Å². The smallest absolute Gasteiger partial charge is 0.229 e. The number of rotatable bonds is 5. The fourth-order valence-electron chi connectivity index (χ4n) is 3.08. The zero-order valence-electron chi connectivity index (χ0n) is 14.8. The Labute approximate surface area is 152 Å². The van der Waals surface area contributed by atoms with Gasteiger partial charge in [-0.3, -0.25) is 0 Å². The van der Waals surface area contributed by atoms with E-state index in [0.717, 1.165) is 24.5 Å². The molecule has 3 aromatic rings. The SMILES string of the molecule is Cc1cc(Nc2ccnc(Nc3ccc(N4CCCCC4)cc3)n2)no1. The summed E-state index contributed by atoms with van der Waals surface area (Å²) in [4.78, 5) is 11.2. The number of aromatic nitrogens is 3. The molecule has 134 valence electrons. The van der Waals surface area contributed by atoms with Crippen LogP contribution in [0.5, 0.6) is 0 Å². The summed E-state index contributed by atoms with van der Waals surface area (Å²) in [6.45, 7) is 4.13. The number of nitrogens with one attached hydrogen (secondary N) is 2. The summed E-state index contributed by atoms with van der Waals surface area (Å²) < 4.78 is 5.05. The van der Waals surface area contributed by atoms with Gasteiger partial charge in [0, 0.05) is 36.7 Å². The van der Waals surface area contributed by atoms with Crippen LogP contribution in [0.4, 0.5) is 29.0 Å². The lowest BCUT2D eigenvalue weighted by Gasteiger charge is -2.28. The van der Waals surface area contributed by atoms with E-state index in [1.54, 1.807) is 12.3 Å². The molecule has 0 aliphatic carbocycles. The van der Waals surface area contributed by atoms with Crippen molar-refractivity contribution < 1.29 is 4.52 Å². The molecule has 1 fully saturated rings. The Morgan fingerprint density at radius 2 is 1.77 bits per heavy atom. The number of aryl methyl sites for hydroxylation is 1. The maximum Gasteiger partial charge on any atom is 0.229 e. The van der Waals surface area contributed by atoms with Crippen LogP contribution in [0.1, 0.15) is 25.0 Å². The minimum Gasteiger partial charge on any atom is -0.372 e. The van der Waals surface area contributed by atoms with Crippen LogP contribution in [0, 0.1) is 6.92 Å². The van der Waals surface area contributed by atoms with Crippen molar-refractivity contribution in [2.45, 2.75) is 26.2 Å². The lowest BCUT2D eigenvalue weighted by molar-refractivity contribution is 0.400. The molecule has 2 aromatic heterocycles. The van der Waals surface area contributed by atoms with E-state index in [4.69, 9.17) is 4.52 Å². The number of piperidine rings is 1. The van der Waals surface area contributed by atoms with Gasteiger partial charge in [0.25, 0.3) is 0 Å². The molecule has 7 nitrogen and oxygen atoms in total. The average molecular weight is 350 g/mol. The van der Waals surface area contributed by atoms with E-state index in [0.29, 0.717) is 17.6 Å². The minimum atomic E-state index is 0.529. The largest absolute Gasteiger partial charge is 0.372 e. The summed E-state index contributed by atoms with van der Waals surface area (Å²) in [5.74, 6) is 2.55. The second-order valence-electron chi connectivity index (χ2n) is 6.43. The maximum absolute atomic E-state index is 5.05. The summed E-state index contributed by atoms with van der Waals surface area (Å²) in [6.07, 6.45) is 5.59. The molecule has 0 spiro atoms. The van der Waals surface area contributed by atoms with Crippen LogP contribution in [0.2, 0.25) is 0 Å². The molecule has 2 N–H and O–H groups in total. The Bertz CT molecular complexity index is 854. The first kappa shape index (κ1) is 16.4. The Balaban J connectivity index is 1.42. The summed E-state index contributed by atoms with van der Waals surface area (Å²) in [5, 5.41) is 10.2. The Morgan fingerprint density at radius 1 is 0.962 bits per heavy atom. The topological polar surface area (TPSA) is 79.1 Å². The molecule has 26 heavy (non-hydrogen) atoms. The highest BCUT2D eigenvalue weighted by Crippen LogP contribution is 2.23. The van der Waals surface area contributed by atoms with E-state index in [1.165, 1.54) is 24.9 Å². The van der Waals surface area contributed by atoms with Crippen LogP contribution >= 0.6 is 0 Å². The van der Waals surface area contributed by atoms with Crippen LogP contribution in [0.3, 0.4) is 0 Å². The predicted octanol–water partition coefficient (Wildman–Crippen LogP) is 4.25. The van der Waals surface area contributed by atoms with Gasteiger partial charge in [-0.15, -0.1) is 0 Å². The number of hydrogen-bond acceptors (Lipinski definition) is 7. The molecule has 0 atom stereocenters. The number of anilines is 5. The molecule has 1 aliphatic rings. The van der Waals surface area contributed by atoms with Crippen molar-refractivity contribution in [3.8, 4) is 0 Å². The zero-order chi connectivity index (χ0) is 17.8. The molecule has 0 radical (unpaired) electrons. The van der Waals surface area contributed by atoms with E-state index in [2.05, 4.69) is 54.9 Å². The summed E-state index contributed by atoms with van der Waals surface area (Å²) >= 11 is 0. The van der Waals surface area contributed by atoms with Gasteiger partial charge in [-0.1, -0.05) is 5.16 Å². The highest BCUT2D eigenvalue weighted by Gasteiger charge is 2.10. The van der Waals surface area contributed by atoms with Gasteiger partial charge in [0.15, 0.2) is 5.82 Å². The predicted molar refractivity (Wildman–Crippen MR) is 102 cm³/mol. The second kappa shape index (κ2) is 7.43. The molecule has 0 bridgehead atoms. The normalized spacial score (nSPS) is 14.3. The second-order valence-corrected chi connectivity index (χ2v) is 6.43. The number of hydrogen-bond donors (Lipinski definition) is 2. The van der Waals surface area contributed by atoms with Crippen LogP contribution in [-0.4, -0.2) is 28.2 Å². The fraction of sp³-hybridized carbons (Fsp3) is 0.316. The van der Waals surface area contributed by atoms with Crippen LogP contribution in [-0.2, 0) is 0 Å². The Hall–Kier alpha value is -3.09. The molecule has 0 amide bonds. The number of nitrogens with zero attached hydrogens (tertiary/aromatic N) is 4. The molecule has 0 saturated carbocycles. The van der Waals surface area contributed by atoms with Crippen molar-refractivity contribution in [1.29, 1.82) is 0 Å². The van der Waals surface area contributed by atoms with E-state index >= 15 is 0 Å². The molecule has 1 saturated heterocycles. The van der Waals surface area contributed by atoms with E-state index in [1.807, 2.05) is 13.0 Å². The first-order valence-electron chi connectivity index (χ1n) is 8.92. The van der Waals surface area contributed by atoms with Crippen molar-refractivity contribution >= 4 is 29.0 Å². The van der Waals surface area contributed by atoms with Gasteiger partial charge in [-0.2, -0.15) is 4.98 Å². The van der Waals surface area contributed by atoms with E-state index < -0.39 is 0 Å². The third-order valence-corrected chi connectivity index (χ3v) is 4.38. The molecule has 1 aliphatic heterocycles. The molecule has 4 rings (SSSR count). The van der Waals surface area contributed by atoms with Gasteiger partial charge in [0.1, 0.15) is 11.6 Å². The highest BCUT2D eigenvalue weighted by molar-refractivity contribution is 5.61. The molecule has 1 aromatic carbocycles. The van der Waals surface area contributed by atoms with Crippen molar-refractivity contribution in [3.05, 3.63) is 48.4 Å². The van der Waals surface area contributed by atoms with E-state index in [9.17, 15) is 0 Å². The summed E-state index contributed by atoms with van der Waals surface area (Å²) in [7, 11) is 0. The zero-order valence-corrected chi connectivity index (χ0v) is 14.8. The summed E-state index contributed by atoms with van der Waals surface area (Å²) in [5.41, 5.74) is 2.23. The lowest BCUT2D eigenvalue weighted by Crippen LogP contribution is -2.29. The third kappa shape index (κ3) is 3.93. The van der Waals surface area contributed by atoms with Crippen molar-refractivity contribution in [1.82, 2.24) is 15.1 Å². The van der Waals surface area contributed by atoms with Gasteiger partial charge < -0.3 is 20.1 Å². The van der Waals surface area contributed by atoms with Crippen molar-refractivity contribution in [2.24, 2.45) is 0 Å². The highest BCUT2D eigenvalue weighted by atomic mass is 16.5. The number of benzene rings is 1. The van der Waals surface area contributed by atoms with Crippen molar-refractivity contribution in [2.75, 3.05) is 28.6 Å². The molecule has 0 unspecified atom stereocenters. The molecular weight excluding hydrogens is 328 g/mol. The van der Waals surface area contributed by atoms with Crippen molar-refractivity contribution in [3.63, 3.8) is 0 Å². The van der Waals surface area contributed by atoms with Crippen LogP contribution < -0.4 is 15.5 Å². The quantitative estimate of drug-likeness (QED) is 0.712. The van der Waals surface area contributed by atoms with E-state index in [-0.39, 0.29) is 0 Å². The van der Waals surface area contributed by atoms with Gasteiger partial charge in [-0.25, -0.2) is 4.98 Å². The fourth-order valence-corrected chi connectivity index (χ4v) is 3.08. The maximum atomic E-state index is 5.05. The molecular formula is C19H22N6O. The van der Waals surface area contributed by atoms with Gasteiger partial charge >= 0.3 is 0 Å². The third-order valence-electron chi connectivity index (χ3n) is 4.38. The molecule has 7 heteroatoms. The molecule has 3 heterocycles. The lowest BCUT2D eigenvalue weighted by atomic mass is 10.1. The average Bonchev–Trinajstić information content (AvgIpc) is 3.08. The monoisotopic (exact) mass is 350 g/mol. The van der Waals surface area contributed by atoms with Crippen LogP contribution in [0.15, 0.2) is 47.1 Å².